The number of nitrogens with zero attached hydrogens (tertiary/aromatic N) is 2. The summed E-state index contributed by atoms with van der Waals surface area (Å²) in [6.45, 7) is 0.239. The first-order chi connectivity index (χ1) is 12.0. The van der Waals surface area contributed by atoms with Crippen LogP contribution in [0.15, 0.2) is 28.9 Å². The van der Waals surface area contributed by atoms with Crippen LogP contribution in [0.4, 0.5) is 8.78 Å². The largest absolute Gasteiger partial charge is 0.481 e. The molecule has 25 heavy (non-hydrogen) atoms. The Morgan fingerprint density at radius 3 is 2.84 bits per heavy atom. The number of ether oxygens (including phenoxy) is 2. The fraction of sp³-hybridized carbons (Fsp3) is 0.412. The monoisotopic (exact) mass is 352 g/mol. The van der Waals surface area contributed by atoms with Crippen LogP contribution < -0.4 is 4.74 Å². The van der Waals surface area contributed by atoms with E-state index < -0.39 is 11.6 Å². The molecule has 1 aliphatic carbocycles. The summed E-state index contributed by atoms with van der Waals surface area (Å²) in [5.74, 6) is -2.53. The quantitative estimate of drug-likeness (QED) is 0.767. The predicted molar refractivity (Wildman–Crippen MR) is 83.1 cm³/mol. The van der Waals surface area contributed by atoms with E-state index in [-0.39, 0.29) is 35.4 Å². The summed E-state index contributed by atoms with van der Waals surface area (Å²) in [5.41, 5.74) is -0.158. The molecule has 0 N–H and O–H groups in total. The molecule has 0 atom stereocenters. The van der Waals surface area contributed by atoms with Gasteiger partial charge in [-0.2, -0.15) is 4.39 Å². The van der Waals surface area contributed by atoms with Gasteiger partial charge in [-0.1, -0.05) is 6.07 Å². The van der Waals surface area contributed by atoms with E-state index in [1.807, 2.05) is 0 Å². The van der Waals surface area contributed by atoms with Crippen molar-refractivity contribution in [3.05, 3.63) is 47.7 Å². The first-order valence-electron chi connectivity index (χ1n) is 7.75. The number of oxazole rings is 1. The molecular formula is C17H18F2N2O4. The molecule has 1 fully saturated rings. The molecule has 6 nitrogen and oxygen atoms in total. The normalized spacial score (nSPS) is 15.0. The van der Waals surface area contributed by atoms with Crippen LogP contribution in [0.25, 0.3) is 0 Å². The van der Waals surface area contributed by atoms with E-state index in [1.54, 1.807) is 19.1 Å². The lowest BCUT2D eigenvalue weighted by Gasteiger charge is -2.26. The lowest BCUT2D eigenvalue weighted by Crippen LogP contribution is -2.42. The van der Waals surface area contributed by atoms with Crippen LogP contribution in [0.2, 0.25) is 0 Å². The molecule has 1 aromatic heterocycles. The van der Waals surface area contributed by atoms with Crippen LogP contribution in [-0.4, -0.2) is 42.1 Å². The van der Waals surface area contributed by atoms with Gasteiger partial charge in [0.1, 0.15) is 6.26 Å². The zero-order valence-electron chi connectivity index (χ0n) is 13.9. The molecule has 2 aromatic rings. The SMILES string of the molecule is COCC1(N(C)C(=O)c2coc(COc3cccc(F)c3F)n2)CC1. The fourth-order valence-corrected chi connectivity index (χ4v) is 2.59. The first-order valence-corrected chi connectivity index (χ1v) is 7.75. The zero-order chi connectivity index (χ0) is 18.0. The molecule has 0 radical (unpaired) electrons. The minimum absolute atomic E-state index is 0.0944. The highest BCUT2D eigenvalue weighted by atomic mass is 19.2. The number of amides is 1. The van der Waals surface area contributed by atoms with Crippen molar-refractivity contribution in [2.75, 3.05) is 20.8 Å². The third-order valence-corrected chi connectivity index (χ3v) is 4.29. The molecule has 1 heterocycles. The number of hydrogen-bond acceptors (Lipinski definition) is 5. The number of carbonyl (C=O) groups is 1. The van der Waals surface area contributed by atoms with Crippen LogP contribution in [0.3, 0.4) is 0 Å². The molecule has 0 spiro atoms. The van der Waals surface area contributed by atoms with E-state index in [2.05, 4.69) is 4.98 Å². The number of likely N-dealkylation sites (N-methyl/N-ethyl adjacent to an activating group) is 1. The highest BCUT2D eigenvalue weighted by molar-refractivity contribution is 5.92. The lowest BCUT2D eigenvalue weighted by molar-refractivity contribution is 0.0545. The Morgan fingerprint density at radius 1 is 1.40 bits per heavy atom. The van der Waals surface area contributed by atoms with Crippen LogP contribution in [0.1, 0.15) is 29.2 Å². The van der Waals surface area contributed by atoms with E-state index in [0.717, 1.165) is 18.9 Å². The summed E-state index contributed by atoms with van der Waals surface area (Å²) < 4.78 is 42.2. The molecule has 0 unspecified atom stereocenters. The van der Waals surface area contributed by atoms with Crippen molar-refractivity contribution in [2.24, 2.45) is 0 Å². The minimum atomic E-state index is -1.08. The molecule has 1 amide bonds. The number of benzene rings is 1. The maximum Gasteiger partial charge on any atom is 0.276 e. The summed E-state index contributed by atoms with van der Waals surface area (Å²) in [4.78, 5) is 18.2. The topological polar surface area (TPSA) is 64.8 Å². The Morgan fingerprint density at radius 2 is 2.16 bits per heavy atom. The number of carbonyl (C=O) groups excluding carboxylic acids is 1. The van der Waals surface area contributed by atoms with Crippen molar-refractivity contribution >= 4 is 5.91 Å². The molecule has 1 saturated carbocycles. The number of rotatable bonds is 7. The smallest absolute Gasteiger partial charge is 0.276 e. The molecule has 0 aliphatic heterocycles. The van der Waals surface area contributed by atoms with Gasteiger partial charge in [-0.05, 0) is 25.0 Å². The van der Waals surface area contributed by atoms with Crippen LogP contribution >= 0.6 is 0 Å². The van der Waals surface area contributed by atoms with E-state index in [9.17, 15) is 13.6 Å². The zero-order valence-corrected chi connectivity index (χ0v) is 13.9. The summed E-state index contributed by atoms with van der Waals surface area (Å²) in [6, 6.07) is 3.62. The predicted octanol–water partition coefficient (Wildman–Crippen LogP) is 2.78. The van der Waals surface area contributed by atoms with Crippen molar-refractivity contribution in [1.29, 1.82) is 0 Å². The van der Waals surface area contributed by atoms with Crippen molar-refractivity contribution in [2.45, 2.75) is 25.0 Å². The van der Waals surface area contributed by atoms with Gasteiger partial charge in [-0.25, -0.2) is 9.37 Å². The van der Waals surface area contributed by atoms with E-state index >= 15 is 0 Å². The average Bonchev–Trinajstić information content (AvgIpc) is 3.23. The number of aromatic nitrogens is 1. The van der Waals surface area contributed by atoms with Gasteiger partial charge in [0, 0.05) is 14.2 Å². The molecular weight excluding hydrogens is 334 g/mol. The maximum atomic E-state index is 13.5. The minimum Gasteiger partial charge on any atom is -0.481 e. The second kappa shape index (κ2) is 6.79. The number of methoxy groups -OCH3 is 1. The standard InChI is InChI=1S/C17H18F2N2O4/c1-21(17(6-7-17)10-23-2)16(22)12-8-25-14(20-12)9-24-13-5-3-4-11(18)15(13)19/h3-5,8H,6-7,9-10H2,1-2H3. The van der Waals surface area contributed by atoms with Crippen LogP contribution in [-0.2, 0) is 11.3 Å². The second-order valence-corrected chi connectivity index (χ2v) is 5.99. The Hall–Kier alpha value is -2.48. The van der Waals surface area contributed by atoms with Gasteiger partial charge in [0.25, 0.3) is 5.91 Å². The lowest BCUT2D eigenvalue weighted by atomic mass is 10.2. The number of halogens is 2. The van der Waals surface area contributed by atoms with Crippen LogP contribution in [0.5, 0.6) is 5.75 Å². The molecule has 134 valence electrons. The molecule has 8 heteroatoms. The molecule has 1 aliphatic rings. The first kappa shape index (κ1) is 17.3. The average molecular weight is 352 g/mol. The molecule has 1 aromatic carbocycles. The van der Waals surface area contributed by atoms with Gasteiger partial charge < -0.3 is 18.8 Å². The van der Waals surface area contributed by atoms with Crippen LogP contribution in [0, 0.1) is 11.6 Å². The molecule has 3 rings (SSSR count). The van der Waals surface area contributed by atoms with E-state index in [0.29, 0.717) is 6.61 Å². The Balaban J connectivity index is 1.64. The van der Waals surface area contributed by atoms with Crippen molar-refractivity contribution < 1.29 is 27.5 Å². The summed E-state index contributed by atoms with van der Waals surface area (Å²) in [6.07, 6.45) is 2.97. The summed E-state index contributed by atoms with van der Waals surface area (Å²) in [5, 5.41) is 0. The molecule has 0 bridgehead atoms. The van der Waals surface area contributed by atoms with Crippen molar-refractivity contribution in [3.63, 3.8) is 0 Å². The second-order valence-electron chi connectivity index (χ2n) is 5.99. The van der Waals surface area contributed by atoms with Crippen molar-refractivity contribution in [3.8, 4) is 5.75 Å². The fourth-order valence-electron chi connectivity index (χ4n) is 2.59. The summed E-state index contributed by atoms with van der Waals surface area (Å²) >= 11 is 0. The Bertz CT molecular complexity index is 774. The van der Waals surface area contributed by atoms with Gasteiger partial charge >= 0.3 is 0 Å². The van der Waals surface area contributed by atoms with Crippen molar-refractivity contribution in [1.82, 2.24) is 9.88 Å². The van der Waals surface area contributed by atoms with Gasteiger partial charge in [-0.3, -0.25) is 4.79 Å². The van der Waals surface area contributed by atoms with Gasteiger partial charge in [0.15, 0.2) is 23.9 Å². The highest BCUT2D eigenvalue weighted by Gasteiger charge is 2.49. The Labute approximate surface area is 143 Å². The van der Waals surface area contributed by atoms with Gasteiger partial charge in [-0.15, -0.1) is 0 Å². The third kappa shape index (κ3) is 3.48. The number of hydrogen-bond donors (Lipinski definition) is 0. The van der Waals surface area contributed by atoms with Gasteiger partial charge in [0.2, 0.25) is 11.7 Å². The molecule has 0 saturated heterocycles. The third-order valence-electron chi connectivity index (χ3n) is 4.29. The maximum absolute atomic E-state index is 13.5. The van der Waals surface area contributed by atoms with Gasteiger partial charge in [0.05, 0.1) is 12.1 Å². The van der Waals surface area contributed by atoms with E-state index in [4.69, 9.17) is 13.9 Å². The Kier molecular flexibility index (Phi) is 4.71. The summed E-state index contributed by atoms with van der Waals surface area (Å²) in [7, 11) is 3.29. The van der Waals surface area contributed by atoms with E-state index in [1.165, 1.54) is 18.4 Å². The highest BCUT2D eigenvalue weighted by Crippen LogP contribution is 2.41.